The summed E-state index contributed by atoms with van der Waals surface area (Å²) in [5, 5.41) is 12.1. The zero-order valence-corrected chi connectivity index (χ0v) is 18.3. The van der Waals surface area contributed by atoms with Crippen LogP contribution in [0.1, 0.15) is 26.0 Å². The van der Waals surface area contributed by atoms with Crippen LogP contribution in [0.4, 0.5) is 0 Å². The number of hydrogen-bond donors (Lipinski definition) is 0. The molecule has 3 heterocycles. The zero-order chi connectivity index (χ0) is 20.2. The number of carbonyl (C=O) groups excluding carboxylic acids is 1. The molecule has 0 fully saturated rings. The molecule has 0 radical (unpaired) electrons. The molecule has 0 saturated carbocycles. The second kappa shape index (κ2) is 8.94. The van der Waals surface area contributed by atoms with Gasteiger partial charge in [0, 0.05) is 28.1 Å². The lowest BCUT2D eigenvalue weighted by molar-refractivity contribution is 0.0733. The Morgan fingerprint density at radius 2 is 2.14 bits per heavy atom. The Balaban J connectivity index is 1.67. The molecule has 0 N–H and O–H groups in total. The van der Waals surface area contributed by atoms with Gasteiger partial charge >= 0.3 is 0 Å². The third-order valence-electron chi connectivity index (χ3n) is 4.30. The van der Waals surface area contributed by atoms with Crippen LogP contribution in [0.5, 0.6) is 0 Å². The van der Waals surface area contributed by atoms with Crippen LogP contribution in [0.2, 0.25) is 0 Å². The summed E-state index contributed by atoms with van der Waals surface area (Å²) < 4.78 is 6.92. The molecular weight excluding hydrogens is 422 g/mol. The van der Waals surface area contributed by atoms with E-state index in [-0.39, 0.29) is 5.91 Å². The molecule has 4 rings (SSSR count). The van der Waals surface area contributed by atoms with E-state index >= 15 is 0 Å². The molecule has 1 aromatic carbocycles. The summed E-state index contributed by atoms with van der Waals surface area (Å²) in [5.74, 6) is 0.852. The summed E-state index contributed by atoms with van der Waals surface area (Å²) in [4.78, 5) is 16.3. The highest BCUT2D eigenvalue weighted by Gasteiger charge is 2.25. The van der Waals surface area contributed by atoms with E-state index in [0.29, 0.717) is 24.6 Å². The van der Waals surface area contributed by atoms with Gasteiger partial charge in [0.1, 0.15) is 10.6 Å². The van der Waals surface area contributed by atoms with Gasteiger partial charge in [-0.2, -0.15) is 0 Å². The van der Waals surface area contributed by atoms with Gasteiger partial charge < -0.3 is 9.32 Å². The van der Waals surface area contributed by atoms with E-state index < -0.39 is 0 Å². The van der Waals surface area contributed by atoms with Crippen molar-refractivity contribution in [2.75, 3.05) is 6.54 Å². The number of aromatic nitrogens is 2. The monoisotopic (exact) mass is 441 g/mol. The molecule has 0 unspecified atom stereocenters. The molecular formula is C21H19N3O2S3. The number of benzene rings is 1. The molecule has 148 valence electrons. The maximum Gasteiger partial charge on any atom is 0.290 e. The Bertz CT molecular complexity index is 1130. The van der Waals surface area contributed by atoms with Crippen molar-refractivity contribution in [1.82, 2.24) is 15.1 Å². The SMILES string of the molecule is C=CCN(Cc1cccs1)C(=O)c1oc2ccccc2c1CSc1nnc(C)s1. The van der Waals surface area contributed by atoms with E-state index in [2.05, 4.69) is 16.8 Å². The van der Waals surface area contributed by atoms with E-state index in [0.717, 1.165) is 30.8 Å². The van der Waals surface area contributed by atoms with Crippen LogP contribution < -0.4 is 0 Å². The second-order valence-corrected chi connectivity index (χ2v) is 9.77. The molecule has 1 amide bonds. The first-order valence-corrected chi connectivity index (χ1v) is 11.7. The molecule has 0 aliphatic rings. The van der Waals surface area contributed by atoms with Crippen molar-refractivity contribution in [2.45, 2.75) is 23.6 Å². The number of aryl methyl sites for hydroxylation is 1. The fourth-order valence-corrected chi connectivity index (χ4v) is 5.56. The van der Waals surface area contributed by atoms with Crippen LogP contribution in [0.3, 0.4) is 0 Å². The molecule has 0 spiro atoms. The summed E-state index contributed by atoms with van der Waals surface area (Å²) in [7, 11) is 0. The quantitative estimate of drug-likeness (QED) is 0.256. The van der Waals surface area contributed by atoms with Crippen LogP contribution in [0, 0.1) is 6.92 Å². The average Bonchev–Trinajstić information content (AvgIpc) is 3.45. The Kier molecular flexibility index (Phi) is 6.13. The molecule has 0 bridgehead atoms. The van der Waals surface area contributed by atoms with E-state index in [9.17, 15) is 4.79 Å². The van der Waals surface area contributed by atoms with Crippen molar-refractivity contribution in [3.63, 3.8) is 0 Å². The highest BCUT2D eigenvalue weighted by Crippen LogP contribution is 2.34. The molecule has 0 aliphatic carbocycles. The second-order valence-electron chi connectivity index (χ2n) is 6.34. The van der Waals surface area contributed by atoms with Gasteiger partial charge in [-0.25, -0.2) is 0 Å². The fraction of sp³-hybridized carbons (Fsp3) is 0.190. The molecule has 0 atom stereocenters. The third-order valence-corrected chi connectivity index (χ3v) is 7.16. The molecule has 4 aromatic rings. The molecule has 0 saturated heterocycles. The van der Waals surface area contributed by atoms with Crippen molar-refractivity contribution in [2.24, 2.45) is 0 Å². The summed E-state index contributed by atoms with van der Waals surface area (Å²) in [6, 6.07) is 11.8. The maximum atomic E-state index is 13.4. The normalized spacial score (nSPS) is 11.1. The van der Waals surface area contributed by atoms with E-state index in [4.69, 9.17) is 4.42 Å². The summed E-state index contributed by atoms with van der Waals surface area (Å²) >= 11 is 4.75. The summed E-state index contributed by atoms with van der Waals surface area (Å²) in [6.07, 6.45) is 1.74. The molecule has 8 heteroatoms. The van der Waals surface area contributed by atoms with Crippen molar-refractivity contribution < 1.29 is 9.21 Å². The number of carbonyl (C=O) groups is 1. The van der Waals surface area contributed by atoms with Gasteiger partial charge in [0.25, 0.3) is 5.91 Å². The molecule has 29 heavy (non-hydrogen) atoms. The van der Waals surface area contributed by atoms with Gasteiger partial charge in [0.2, 0.25) is 0 Å². The minimum atomic E-state index is -0.126. The number of fused-ring (bicyclic) bond motifs is 1. The number of para-hydroxylation sites is 1. The average molecular weight is 442 g/mol. The van der Waals surface area contributed by atoms with Gasteiger partial charge in [-0.05, 0) is 24.4 Å². The first kappa shape index (κ1) is 19.9. The maximum absolute atomic E-state index is 13.4. The number of thiophene rings is 1. The van der Waals surface area contributed by atoms with Crippen molar-refractivity contribution >= 4 is 51.3 Å². The molecule has 0 aliphatic heterocycles. The number of hydrogen-bond acceptors (Lipinski definition) is 7. The minimum absolute atomic E-state index is 0.126. The summed E-state index contributed by atoms with van der Waals surface area (Å²) in [5.41, 5.74) is 1.61. The highest BCUT2D eigenvalue weighted by atomic mass is 32.2. The lowest BCUT2D eigenvalue weighted by atomic mass is 10.1. The first-order valence-electron chi connectivity index (χ1n) is 9.01. The number of amides is 1. The lowest BCUT2D eigenvalue weighted by Crippen LogP contribution is -2.30. The Morgan fingerprint density at radius 1 is 1.28 bits per heavy atom. The van der Waals surface area contributed by atoms with Crippen molar-refractivity contribution in [3.05, 3.63) is 75.6 Å². The van der Waals surface area contributed by atoms with Crippen molar-refractivity contribution in [1.29, 1.82) is 0 Å². The Morgan fingerprint density at radius 3 is 2.86 bits per heavy atom. The fourth-order valence-electron chi connectivity index (χ4n) is 2.99. The van der Waals surface area contributed by atoms with Crippen LogP contribution in [0.15, 0.2) is 63.2 Å². The van der Waals surface area contributed by atoms with E-state index in [1.165, 1.54) is 0 Å². The van der Waals surface area contributed by atoms with Gasteiger partial charge in [0.05, 0.1) is 6.54 Å². The number of furan rings is 1. The topological polar surface area (TPSA) is 59.2 Å². The largest absolute Gasteiger partial charge is 0.451 e. The molecule has 3 aromatic heterocycles. The van der Waals surface area contributed by atoms with Gasteiger partial charge in [-0.15, -0.1) is 28.1 Å². The van der Waals surface area contributed by atoms with E-state index in [1.807, 2.05) is 48.7 Å². The highest BCUT2D eigenvalue weighted by molar-refractivity contribution is 8.00. The van der Waals surface area contributed by atoms with Gasteiger partial charge in [-0.1, -0.05) is 53.4 Å². The van der Waals surface area contributed by atoms with Crippen LogP contribution >= 0.6 is 34.4 Å². The zero-order valence-electron chi connectivity index (χ0n) is 15.8. The van der Waals surface area contributed by atoms with Crippen LogP contribution in [-0.4, -0.2) is 27.5 Å². The van der Waals surface area contributed by atoms with Gasteiger partial charge in [0.15, 0.2) is 10.1 Å². The smallest absolute Gasteiger partial charge is 0.290 e. The Labute approximate surface area is 181 Å². The predicted octanol–water partition coefficient (Wildman–Crippen LogP) is 5.77. The Hall–Kier alpha value is -2.42. The van der Waals surface area contributed by atoms with Gasteiger partial charge in [-0.3, -0.25) is 4.79 Å². The van der Waals surface area contributed by atoms with Crippen LogP contribution in [0.25, 0.3) is 11.0 Å². The number of rotatable bonds is 8. The first-order chi connectivity index (χ1) is 14.2. The standard InChI is InChI=1S/C21H19N3O2S3/c1-3-10-24(12-15-7-6-11-27-15)20(25)19-17(13-28-21-23-22-14(2)29-21)16-8-4-5-9-18(16)26-19/h3-9,11H,1,10,12-13H2,2H3. The number of nitrogens with zero attached hydrogens (tertiary/aromatic N) is 3. The third kappa shape index (κ3) is 4.44. The lowest BCUT2D eigenvalue weighted by Gasteiger charge is -2.19. The van der Waals surface area contributed by atoms with Crippen LogP contribution in [-0.2, 0) is 12.3 Å². The summed E-state index contributed by atoms with van der Waals surface area (Å²) in [6.45, 7) is 6.73. The predicted molar refractivity (Wildman–Crippen MR) is 120 cm³/mol. The van der Waals surface area contributed by atoms with Crippen molar-refractivity contribution in [3.8, 4) is 0 Å². The number of thioether (sulfide) groups is 1. The minimum Gasteiger partial charge on any atom is -0.451 e. The molecule has 5 nitrogen and oxygen atoms in total. The van der Waals surface area contributed by atoms with E-state index in [1.54, 1.807) is 45.4 Å².